The highest BCUT2D eigenvalue weighted by Crippen LogP contribution is 2.20. The van der Waals surface area contributed by atoms with Crippen molar-refractivity contribution in [3.05, 3.63) is 34.1 Å². The lowest BCUT2D eigenvalue weighted by Gasteiger charge is -2.21. The number of carbonyl (C=O) groups is 1. The summed E-state index contributed by atoms with van der Waals surface area (Å²) in [6.07, 6.45) is 2.25. The Hall–Kier alpha value is -0.900. The van der Waals surface area contributed by atoms with E-state index in [0.29, 0.717) is 5.56 Å². The lowest BCUT2D eigenvalue weighted by Crippen LogP contribution is -2.34. The highest BCUT2D eigenvalue weighted by Gasteiger charge is 2.25. The molecule has 2 nitrogen and oxygen atoms in total. The molecule has 1 atom stereocenters. The van der Waals surface area contributed by atoms with Gasteiger partial charge in [-0.05, 0) is 43.5 Å². The molecular formula is C13H15BrFNO. The summed E-state index contributed by atoms with van der Waals surface area (Å²) in [6.45, 7) is 2.85. The molecule has 0 aliphatic carbocycles. The lowest BCUT2D eigenvalue weighted by atomic mass is 10.1. The third-order valence-corrected chi connectivity index (χ3v) is 3.72. The van der Waals surface area contributed by atoms with E-state index in [1.807, 2.05) is 11.8 Å². The minimum absolute atomic E-state index is 0.0204. The van der Waals surface area contributed by atoms with E-state index in [1.54, 1.807) is 12.1 Å². The monoisotopic (exact) mass is 299 g/mol. The van der Waals surface area contributed by atoms with E-state index >= 15 is 0 Å². The summed E-state index contributed by atoms with van der Waals surface area (Å²) in [5.41, 5.74) is 0.462. The number of benzene rings is 1. The lowest BCUT2D eigenvalue weighted by molar-refractivity contribution is -0.131. The molecule has 0 aromatic heterocycles. The van der Waals surface area contributed by atoms with Gasteiger partial charge in [-0.2, -0.15) is 0 Å². The first-order valence-electron chi connectivity index (χ1n) is 5.81. The first-order valence-corrected chi connectivity index (χ1v) is 6.60. The van der Waals surface area contributed by atoms with Gasteiger partial charge in [0.25, 0.3) is 0 Å². The molecule has 92 valence electrons. The molecule has 1 saturated heterocycles. The number of nitrogens with zero attached hydrogens (tertiary/aromatic N) is 1. The van der Waals surface area contributed by atoms with Gasteiger partial charge in [-0.15, -0.1) is 0 Å². The predicted molar refractivity (Wildman–Crippen MR) is 68.2 cm³/mol. The highest BCUT2D eigenvalue weighted by atomic mass is 79.9. The zero-order chi connectivity index (χ0) is 12.4. The van der Waals surface area contributed by atoms with Crippen LogP contribution in [-0.4, -0.2) is 23.4 Å². The molecule has 0 unspecified atom stereocenters. The van der Waals surface area contributed by atoms with Gasteiger partial charge in [0.15, 0.2) is 0 Å². The van der Waals surface area contributed by atoms with E-state index in [4.69, 9.17) is 0 Å². The van der Waals surface area contributed by atoms with Crippen LogP contribution in [0.4, 0.5) is 4.39 Å². The third-order valence-electron chi connectivity index (χ3n) is 3.22. The molecule has 1 fully saturated rings. The fourth-order valence-corrected chi connectivity index (χ4v) is 2.66. The summed E-state index contributed by atoms with van der Waals surface area (Å²) in [7, 11) is 0. The van der Waals surface area contributed by atoms with Gasteiger partial charge in [-0.3, -0.25) is 4.79 Å². The Balaban J connectivity index is 2.10. The van der Waals surface area contributed by atoms with Crippen molar-refractivity contribution in [1.82, 2.24) is 4.90 Å². The molecule has 1 heterocycles. The second-order valence-electron chi connectivity index (χ2n) is 4.49. The van der Waals surface area contributed by atoms with E-state index in [-0.39, 0.29) is 24.2 Å². The summed E-state index contributed by atoms with van der Waals surface area (Å²) in [4.78, 5) is 13.9. The van der Waals surface area contributed by atoms with Crippen LogP contribution in [0.1, 0.15) is 25.3 Å². The molecule has 1 aromatic carbocycles. The minimum Gasteiger partial charge on any atom is -0.340 e. The molecular weight excluding hydrogens is 285 g/mol. The molecule has 0 spiro atoms. The zero-order valence-electron chi connectivity index (χ0n) is 9.75. The van der Waals surface area contributed by atoms with Crippen LogP contribution in [0.2, 0.25) is 0 Å². The number of hydrogen-bond donors (Lipinski definition) is 0. The van der Waals surface area contributed by atoms with E-state index < -0.39 is 0 Å². The first kappa shape index (κ1) is 12.6. The molecule has 1 aliphatic heterocycles. The maximum absolute atomic E-state index is 13.5. The Bertz CT molecular complexity index is 435. The van der Waals surface area contributed by atoms with Crippen molar-refractivity contribution in [1.29, 1.82) is 0 Å². The van der Waals surface area contributed by atoms with Crippen molar-refractivity contribution in [3.63, 3.8) is 0 Å². The SMILES string of the molecule is C[C@@H]1CCCN1C(=O)Cc1cc(Br)ccc1F. The Morgan fingerprint density at radius 1 is 1.59 bits per heavy atom. The van der Waals surface area contributed by atoms with E-state index in [1.165, 1.54) is 6.07 Å². The molecule has 1 aliphatic rings. The number of hydrogen-bond acceptors (Lipinski definition) is 1. The second kappa shape index (κ2) is 5.17. The molecule has 0 radical (unpaired) electrons. The van der Waals surface area contributed by atoms with Crippen LogP contribution in [0.25, 0.3) is 0 Å². The Labute approximate surface area is 109 Å². The highest BCUT2D eigenvalue weighted by molar-refractivity contribution is 9.10. The average molecular weight is 300 g/mol. The van der Waals surface area contributed by atoms with Crippen LogP contribution < -0.4 is 0 Å². The Kier molecular flexibility index (Phi) is 3.82. The van der Waals surface area contributed by atoms with Gasteiger partial charge >= 0.3 is 0 Å². The van der Waals surface area contributed by atoms with E-state index in [2.05, 4.69) is 15.9 Å². The smallest absolute Gasteiger partial charge is 0.227 e. The predicted octanol–water partition coefficient (Wildman–Crippen LogP) is 3.14. The van der Waals surface area contributed by atoms with Crippen molar-refractivity contribution >= 4 is 21.8 Å². The van der Waals surface area contributed by atoms with Crippen LogP contribution in [0.5, 0.6) is 0 Å². The van der Waals surface area contributed by atoms with Crippen LogP contribution in [0.3, 0.4) is 0 Å². The van der Waals surface area contributed by atoms with Gasteiger partial charge in [0.05, 0.1) is 6.42 Å². The molecule has 0 bridgehead atoms. The molecule has 0 saturated carbocycles. The van der Waals surface area contributed by atoms with Gasteiger partial charge in [-0.1, -0.05) is 15.9 Å². The number of halogens is 2. The van der Waals surface area contributed by atoms with E-state index in [0.717, 1.165) is 23.9 Å². The summed E-state index contributed by atoms with van der Waals surface area (Å²) in [5.74, 6) is -0.291. The normalized spacial score (nSPS) is 19.7. The fraction of sp³-hybridized carbons (Fsp3) is 0.462. The minimum atomic E-state index is -0.312. The molecule has 1 aromatic rings. The largest absolute Gasteiger partial charge is 0.340 e. The molecule has 4 heteroatoms. The zero-order valence-corrected chi connectivity index (χ0v) is 11.3. The van der Waals surface area contributed by atoms with Gasteiger partial charge in [-0.25, -0.2) is 4.39 Å². The molecule has 1 amide bonds. The second-order valence-corrected chi connectivity index (χ2v) is 5.41. The maximum atomic E-state index is 13.5. The van der Waals surface area contributed by atoms with Gasteiger partial charge < -0.3 is 4.90 Å². The summed E-state index contributed by atoms with van der Waals surface area (Å²) in [6, 6.07) is 4.99. The van der Waals surface area contributed by atoms with Crippen LogP contribution in [-0.2, 0) is 11.2 Å². The topological polar surface area (TPSA) is 20.3 Å². The van der Waals surface area contributed by atoms with Crippen molar-refractivity contribution in [2.24, 2.45) is 0 Å². The number of likely N-dealkylation sites (tertiary alicyclic amines) is 1. The number of carbonyl (C=O) groups excluding carboxylic acids is 1. The van der Waals surface area contributed by atoms with Gasteiger partial charge in [0, 0.05) is 17.1 Å². The van der Waals surface area contributed by atoms with Gasteiger partial charge in [0.2, 0.25) is 5.91 Å². The quantitative estimate of drug-likeness (QED) is 0.821. The van der Waals surface area contributed by atoms with Crippen LogP contribution in [0, 0.1) is 5.82 Å². The average Bonchev–Trinajstić information content (AvgIpc) is 2.70. The molecule has 2 rings (SSSR count). The maximum Gasteiger partial charge on any atom is 0.227 e. The Morgan fingerprint density at radius 3 is 3.00 bits per heavy atom. The Morgan fingerprint density at radius 2 is 2.35 bits per heavy atom. The number of amides is 1. The molecule has 17 heavy (non-hydrogen) atoms. The summed E-state index contributed by atoms with van der Waals surface area (Å²) in [5, 5.41) is 0. The first-order chi connectivity index (χ1) is 8.08. The van der Waals surface area contributed by atoms with Gasteiger partial charge in [0.1, 0.15) is 5.82 Å². The van der Waals surface area contributed by atoms with Crippen molar-refractivity contribution in [2.75, 3.05) is 6.54 Å². The van der Waals surface area contributed by atoms with Crippen molar-refractivity contribution in [2.45, 2.75) is 32.2 Å². The van der Waals surface area contributed by atoms with Crippen LogP contribution >= 0.6 is 15.9 Å². The molecule has 0 N–H and O–H groups in total. The summed E-state index contributed by atoms with van der Waals surface area (Å²) < 4.78 is 14.3. The number of rotatable bonds is 2. The standard InChI is InChI=1S/C13H15BrFNO/c1-9-3-2-6-16(9)13(17)8-10-7-11(14)4-5-12(10)15/h4-5,7,9H,2-3,6,8H2,1H3/t9-/m1/s1. The summed E-state index contributed by atoms with van der Waals surface area (Å²) >= 11 is 3.29. The van der Waals surface area contributed by atoms with Crippen molar-refractivity contribution < 1.29 is 9.18 Å². The third kappa shape index (κ3) is 2.86. The van der Waals surface area contributed by atoms with E-state index in [9.17, 15) is 9.18 Å². The van der Waals surface area contributed by atoms with Crippen LogP contribution in [0.15, 0.2) is 22.7 Å². The fourth-order valence-electron chi connectivity index (χ4n) is 2.25. The van der Waals surface area contributed by atoms with Crippen molar-refractivity contribution in [3.8, 4) is 0 Å².